The Morgan fingerprint density at radius 3 is 2.56 bits per heavy atom. The molecule has 1 saturated heterocycles. The fourth-order valence-corrected chi connectivity index (χ4v) is 3.40. The van der Waals surface area contributed by atoms with E-state index < -0.39 is 6.10 Å². The van der Waals surface area contributed by atoms with Gasteiger partial charge in [-0.15, -0.1) is 0 Å². The number of piperazine rings is 1. The summed E-state index contributed by atoms with van der Waals surface area (Å²) in [6.07, 6.45) is -0.550. The normalized spacial score (nSPS) is 15.4. The lowest BCUT2D eigenvalue weighted by molar-refractivity contribution is -0.138. The molecule has 5 nitrogen and oxygen atoms in total. The summed E-state index contributed by atoms with van der Waals surface area (Å²) >= 11 is 5.97. The molecule has 6 heteroatoms. The molecule has 0 aliphatic carbocycles. The lowest BCUT2D eigenvalue weighted by atomic mass is 10.2. The topological polar surface area (TPSA) is 42.0 Å². The molecule has 1 heterocycles. The Hall–Kier alpha value is -2.40. The molecule has 0 N–H and O–H groups in total. The minimum atomic E-state index is -0.550. The Morgan fingerprint density at radius 2 is 1.85 bits per heavy atom. The number of nitrogens with zero attached hydrogens (tertiary/aromatic N) is 2. The number of hydrogen-bond acceptors (Lipinski definition) is 4. The van der Waals surface area contributed by atoms with Crippen molar-refractivity contribution in [1.29, 1.82) is 0 Å². The molecule has 27 heavy (non-hydrogen) atoms. The number of anilines is 1. The predicted octanol–water partition coefficient (Wildman–Crippen LogP) is 3.85. The van der Waals surface area contributed by atoms with E-state index in [0.29, 0.717) is 30.5 Å². The molecule has 0 radical (unpaired) electrons. The summed E-state index contributed by atoms with van der Waals surface area (Å²) in [6.45, 7) is 7.23. The molecule has 144 valence electrons. The van der Waals surface area contributed by atoms with E-state index in [2.05, 4.69) is 11.0 Å². The van der Waals surface area contributed by atoms with Crippen LogP contribution >= 0.6 is 11.6 Å². The number of rotatable bonds is 6. The van der Waals surface area contributed by atoms with Crippen LogP contribution in [0.4, 0.5) is 5.69 Å². The van der Waals surface area contributed by atoms with Crippen LogP contribution in [0.25, 0.3) is 0 Å². The molecule has 2 aromatic rings. The highest BCUT2D eigenvalue weighted by molar-refractivity contribution is 6.30. The Kier molecular flexibility index (Phi) is 6.45. The highest BCUT2D eigenvalue weighted by Crippen LogP contribution is 2.29. The quantitative estimate of drug-likeness (QED) is 0.753. The molecular formula is C21H25ClN2O3. The average molecular weight is 389 g/mol. The number of ether oxygens (including phenoxy) is 2. The van der Waals surface area contributed by atoms with Crippen molar-refractivity contribution in [2.45, 2.75) is 20.0 Å². The first-order valence-corrected chi connectivity index (χ1v) is 9.64. The number of carbonyl (C=O) groups is 1. The van der Waals surface area contributed by atoms with Crippen LogP contribution in [-0.2, 0) is 4.79 Å². The van der Waals surface area contributed by atoms with Gasteiger partial charge in [-0.2, -0.15) is 0 Å². The maximum absolute atomic E-state index is 12.7. The lowest BCUT2D eigenvalue weighted by Crippen LogP contribution is -2.52. The van der Waals surface area contributed by atoms with E-state index in [4.69, 9.17) is 21.1 Å². The molecule has 0 spiro atoms. The van der Waals surface area contributed by atoms with Crippen molar-refractivity contribution in [2.75, 3.05) is 37.7 Å². The molecule has 0 saturated carbocycles. The van der Waals surface area contributed by atoms with Gasteiger partial charge in [-0.05, 0) is 44.2 Å². The molecule has 0 bridgehead atoms. The maximum atomic E-state index is 12.7. The molecular weight excluding hydrogens is 364 g/mol. The minimum absolute atomic E-state index is 0.00674. The molecule has 2 aromatic carbocycles. The van der Waals surface area contributed by atoms with Gasteiger partial charge >= 0.3 is 0 Å². The highest BCUT2D eigenvalue weighted by Gasteiger charge is 2.27. The van der Waals surface area contributed by atoms with Crippen molar-refractivity contribution in [3.05, 3.63) is 53.6 Å². The van der Waals surface area contributed by atoms with E-state index in [1.807, 2.05) is 36.1 Å². The van der Waals surface area contributed by atoms with Crippen LogP contribution in [0.2, 0.25) is 5.02 Å². The van der Waals surface area contributed by atoms with Crippen LogP contribution < -0.4 is 14.4 Å². The van der Waals surface area contributed by atoms with Crippen LogP contribution in [0.3, 0.4) is 0 Å². The van der Waals surface area contributed by atoms with Gasteiger partial charge in [-0.3, -0.25) is 4.79 Å². The summed E-state index contributed by atoms with van der Waals surface area (Å²) in [4.78, 5) is 16.8. The van der Waals surface area contributed by atoms with Crippen LogP contribution in [0.5, 0.6) is 11.5 Å². The molecule has 1 atom stereocenters. The van der Waals surface area contributed by atoms with Crippen molar-refractivity contribution in [1.82, 2.24) is 4.90 Å². The Balaban J connectivity index is 1.58. The van der Waals surface area contributed by atoms with Crippen molar-refractivity contribution in [3.63, 3.8) is 0 Å². The number of carbonyl (C=O) groups excluding carboxylic acids is 1. The molecule has 0 aromatic heterocycles. The lowest BCUT2D eigenvalue weighted by Gasteiger charge is -2.37. The Labute approximate surface area is 165 Å². The number of halogens is 1. The van der Waals surface area contributed by atoms with Gasteiger partial charge in [-0.1, -0.05) is 29.8 Å². The third kappa shape index (κ3) is 4.86. The zero-order chi connectivity index (χ0) is 19.2. The summed E-state index contributed by atoms with van der Waals surface area (Å²) in [5.74, 6) is 1.48. The van der Waals surface area contributed by atoms with Gasteiger partial charge in [0.25, 0.3) is 5.91 Å². The van der Waals surface area contributed by atoms with Gasteiger partial charge in [-0.25, -0.2) is 0 Å². The zero-order valence-electron chi connectivity index (χ0n) is 15.7. The molecule has 1 unspecified atom stereocenters. The number of hydrogen-bond donors (Lipinski definition) is 0. The molecule has 1 amide bonds. The van der Waals surface area contributed by atoms with Crippen LogP contribution in [0, 0.1) is 0 Å². The van der Waals surface area contributed by atoms with Gasteiger partial charge in [0.2, 0.25) is 0 Å². The van der Waals surface area contributed by atoms with Crippen LogP contribution in [0.1, 0.15) is 13.8 Å². The Bertz CT molecular complexity index is 776. The zero-order valence-corrected chi connectivity index (χ0v) is 16.5. The smallest absolute Gasteiger partial charge is 0.263 e. The standard InChI is InChI=1S/C21H25ClN2O3/c1-3-26-20-10-5-4-9-19(20)23-11-13-24(14-12-23)21(25)16(2)27-18-8-6-7-17(22)15-18/h4-10,15-16H,3,11-14H2,1-2H3. The van der Waals surface area contributed by atoms with Crippen LogP contribution in [0.15, 0.2) is 48.5 Å². The second-order valence-electron chi connectivity index (χ2n) is 6.43. The first kappa shape index (κ1) is 19.4. The van der Waals surface area contributed by atoms with Crippen molar-refractivity contribution in [2.24, 2.45) is 0 Å². The number of amides is 1. The molecule has 3 rings (SSSR count). The first-order chi connectivity index (χ1) is 13.1. The van der Waals surface area contributed by atoms with E-state index in [1.54, 1.807) is 25.1 Å². The summed E-state index contributed by atoms with van der Waals surface area (Å²) in [7, 11) is 0. The molecule has 1 aliphatic rings. The van der Waals surface area contributed by atoms with Gasteiger partial charge in [0.15, 0.2) is 6.10 Å². The van der Waals surface area contributed by atoms with E-state index in [-0.39, 0.29) is 5.91 Å². The summed E-state index contributed by atoms with van der Waals surface area (Å²) < 4.78 is 11.5. The van der Waals surface area contributed by atoms with Crippen LogP contribution in [-0.4, -0.2) is 49.7 Å². The summed E-state index contributed by atoms with van der Waals surface area (Å²) in [5, 5.41) is 0.591. The first-order valence-electron chi connectivity index (χ1n) is 9.26. The monoisotopic (exact) mass is 388 g/mol. The second kappa shape index (κ2) is 9.00. The van der Waals surface area contributed by atoms with Gasteiger partial charge in [0.1, 0.15) is 11.5 Å². The van der Waals surface area contributed by atoms with E-state index in [0.717, 1.165) is 24.5 Å². The largest absolute Gasteiger partial charge is 0.492 e. The van der Waals surface area contributed by atoms with E-state index in [9.17, 15) is 4.79 Å². The summed E-state index contributed by atoms with van der Waals surface area (Å²) in [5.41, 5.74) is 1.08. The average Bonchev–Trinajstić information content (AvgIpc) is 2.68. The number of para-hydroxylation sites is 2. The fraction of sp³-hybridized carbons (Fsp3) is 0.381. The Morgan fingerprint density at radius 1 is 1.11 bits per heavy atom. The maximum Gasteiger partial charge on any atom is 0.263 e. The molecule has 1 fully saturated rings. The third-order valence-electron chi connectivity index (χ3n) is 4.55. The van der Waals surface area contributed by atoms with E-state index in [1.165, 1.54) is 0 Å². The SMILES string of the molecule is CCOc1ccccc1N1CCN(C(=O)C(C)Oc2cccc(Cl)c2)CC1. The third-order valence-corrected chi connectivity index (χ3v) is 4.79. The van der Waals surface area contributed by atoms with Gasteiger partial charge in [0.05, 0.1) is 12.3 Å². The van der Waals surface area contributed by atoms with Crippen molar-refractivity contribution in [3.8, 4) is 11.5 Å². The van der Waals surface area contributed by atoms with Gasteiger partial charge in [0, 0.05) is 31.2 Å². The van der Waals surface area contributed by atoms with E-state index >= 15 is 0 Å². The highest BCUT2D eigenvalue weighted by atomic mass is 35.5. The summed E-state index contributed by atoms with van der Waals surface area (Å²) in [6, 6.07) is 15.1. The number of benzene rings is 2. The van der Waals surface area contributed by atoms with Gasteiger partial charge < -0.3 is 19.3 Å². The van der Waals surface area contributed by atoms with Crippen molar-refractivity contribution < 1.29 is 14.3 Å². The molecule has 1 aliphatic heterocycles. The second-order valence-corrected chi connectivity index (χ2v) is 6.87. The fourth-order valence-electron chi connectivity index (χ4n) is 3.22. The minimum Gasteiger partial charge on any atom is -0.492 e. The predicted molar refractivity (Wildman–Crippen MR) is 108 cm³/mol. The van der Waals surface area contributed by atoms with Crippen molar-refractivity contribution >= 4 is 23.2 Å².